The van der Waals surface area contributed by atoms with Gasteiger partial charge in [0.15, 0.2) is 0 Å². The maximum Gasteiger partial charge on any atom is 0.376 e. The maximum absolute atomic E-state index is 12.1. The molecule has 152 valence electrons. The van der Waals surface area contributed by atoms with Gasteiger partial charge in [0.2, 0.25) is 5.91 Å². The van der Waals surface area contributed by atoms with E-state index in [1.165, 1.54) is 0 Å². The summed E-state index contributed by atoms with van der Waals surface area (Å²) in [5, 5.41) is 11.6. The number of esters is 1. The molecule has 0 bridgehead atoms. The SMILES string of the molecule is N[C@@H](CC(=O)N[C@@H](Cc1ccccc1)C(=O)O)C(=O)C(=O)OCc1ccccc1. The molecule has 0 fully saturated rings. The predicted octanol–water partition coefficient (Wildman–Crippen LogP) is 0.828. The van der Waals surface area contributed by atoms with Crippen LogP contribution in [0.1, 0.15) is 17.5 Å². The zero-order valence-electron chi connectivity index (χ0n) is 15.6. The first-order valence-corrected chi connectivity index (χ1v) is 8.93. The zero-order valence-corrected chi connectivity index (χ0v) is 15.6. The van der Waals surface area contributed by atoms with E-state index in [4.69, 9.17) is 10.5 Å². The quantitative estimate of drug-likeness (QED) is 0.398. The molecule has 2 atom stereocenters. The van der Waals surface area contributed by atoms with Crippen molar-refractivity contribution in [1.29, 1.82) is 0 Å². The maximum atomic E-state index is 12.1. The first-order chi connectivity index (χ1) is 13.9. The number of carbonyl (C=O) groups excluding carboxylic acids is 3. The first kappa shape index (κ1) is 21.8. The van der Waals surface area contributed by atoms with Crippen molar-refractivity contribution in [2.24, 2.45) is 5.73 Å². The molecule has 0 saturated carbocycles. The van der Waals surface area contributed by atoms with Gasteiger partial charge in [-0.1, -0.05) is 60.7 Å². The molecular formula is C21H22N2O6. The Bertz CT molecular complexity index is 854. The highest BCUT2D eigenvalue weighted by atomic mass is 16.5. The largest absolute Gasteiger partial charge is 0.480 e. The molecule has 1 amide bonds. The molecule has 4 N–H and O–H groups in total. The van der Waals surface area contributed by atoms with E-state index in [1.54, 1.807) is 60.7 Å². The van der Waals surface area contributed by atoms with Crippen molar-refractivity contribution < 1.29 is 29.0 Å². The summed E-state index contributed by atoms with van der Waals surface area (Å²) in [6.45, 7) is -0.0947. The first-order valence-electron chi connectivity index (χ1n) is 8.93. The molecule has 0 heterocycles. The van der Waals surface area contributed by atoms with Gasteiger partial charge in [0.25, 0.3) is 5.78 Å². The number of carboxylic acid groups (broad SMARTS) is 1. The number of benzene rings is 2. The Morgan fingerprint density at radius 3 is 2.03 bits per heavy atom. The molecule has 0 aliphatic heterocycles. The van der Waals surface area contributed by atoms with Crippen LogP contribution in [0.25, 0.3) is 0 Å². The fourth-order valence-electron chi connectivity index (χ4n) is 2.54. The lowest BCUT2D eigenvalue weighted by molar-refractivity contribution is -0.155. The number of Topliss-reactive ketones (excluding diaryl/α,β-unsaturated/α-hetero) is 1. The van der Waals surface area contributed by atoms with E-state index >= 15 is 0 Å². The number of ketones is 1. The van der Waals surface area contributed by atoms with Gasteiger partial charge in [-0.25, -0.2) is 9.59 Å². The van der Waals surface area contributed by atoms with Crippen molar-refractivity contribution in [3.05, 3.63) is 71.8 Å². The van der Waals surface area contributed by atoms with Gasteiger partial charge >= 0.3 is 11.9 Å². The molecule has 0 aliphatic carbocycles. The third-order valence-electron chi connectivity index (χ3n) is 4.07. The highest BCUT2D eigenvalue weighted by Crippen LogP contribution is 2.05. The second-order valence-corrected chi connectivity index (χ2v) is 6.38. The van der Waals surface area contributed by atoms with Crippen LogP contribution in [0, 0.1) is 0 Å². The number of nitrogens with one attached hydrogen (secondary N) is 1. The number of carbonyl (C=O) groups is 4. The van der Waals surface area contributed by atoms with Crippen LogP contribution in [0.3, 0.4) is 0 Å². The summed E-state index contributed by atoms with van der Waals surface area (Å²) in [4.78, 5) is 47.4. The molecule has 0 unspecified atom stereocenters. The highest BCUT2D eigenvalue weighted by molar-refractivity contribution is 6.36. The molecule has 0 saturated heterocycles. The number of carboxylic acids is 1. The molecule has 29 heavy (non-hydrogen) atoms. The summed E-state index contributed by atoms with van der Waals surface area (Å²) >= 11 is 0. The number of amides is 1. The third-order valence-corrected chi connectivity index (χ3v) is 4.07. The fraction of sp³-hybridized carbons (Fsp3) is 0.238. The van der Waals surface area contributed by atoms with Gasteiger partial charge < -0.3 is 20.9 Å². The zero-order chi connectivity index (χ0) is 21.2. The minimum absolute atomic E-state index is 0.0736. The Kier molecular flexibility index (Phi) is 8.05. The van der Waals surface area contributed by atoms with Gasteiger partial charge in [-0.05, 0) is 11.1 Å². The summed E-state index contributed by atoms with van der Waals surface area (Å²) in [6, 6.07) is 14.9. The summed E-state index contributed by atoms with van der Waals surface area (Å²) < 4.78 is 4.90. The van der Waals surface area contributed by atoms with Gasteiger partial charge in [-0.15, -0.1) is 0 Å². The van der Waals surface area contributed by atoms with Crippen LogP contribution in [0.5, 0.6) is 0 Å². The number of hydrogen-bond acceptors (Lipinski definition) is 6. The van der Waals surface area contributed by atoms with Crippen LogP contribution in [-0.2, 0) is 36.9 Å². The topological polar surface area (TPSA) is 136 Å². The molecule has 2 rings (SSSR count). The number of aliphatic carboxylic acids is 1. The summed E-state index contributed by atoms with van der Waals surface area (Å²) in [5.74, 6) is -4.16. The van der Waals surface area contributed by atoms with E-state index in [0.29, 0.717) is 5.56 Å². The normalized spacial score (nSPS) is 12.4. The van der Waals surface area contributed by atoms with Crippen LogP contribution in [-0.4, -0.2) is 40.8 Å². The predicted molar refractivity (Wildman–Crippen MR) is 104 cm³/mol. The Morgan fingerprint density at radius 1 is 0.931 bits per heavy atom. The second-order valence-electron chi connectivity index (χ2n) is 6.38. The average molecular weight is 398 g/mol. The van der Waals surface area contributed by atoms with Gasteiger partial charge in [0, 0.05) is 12.8 Å². The minimum Gasteiger partial charge on any atom is -0.480 e. The van der Waals surface area contributed by atoms with Crippen molar-refractivity contribution in [2.75, 3.05) is 0 Å². The Labute approximate surface area is 167 Å². The fourth-order valence-corrected chi connectivity index (χ4v) is 2.54. The molecule has 0 spiro atoms. The number of nitrogens with two attached hydrogens (primary N) is 1. The van der Waals surface area contributed by atoms with Crippen molar-refractivity contribution in [3.63, 3.8) is 0 Å². The number of rotatable bonds is 10. The molecule has 2 aromatic rings. The molecule has 8 heteroatoms. The van der Waals surface area contributed by atoms with Crippen molar-refractivity contribution in [1.82, 2.24) is 5.32 Å². The molecular weight excluding hydrogens is 376 g/mol. The van der Waals surface area contributed by atoms with E-state index in [-0.39, 0.29) is 13.0 Å². The van der Waals surface area contributed by atoms with Crippen molar-refractivity contribution in [3.8, 4) is 0 Å². The lowest BCUT2D eigenvalue weighted by atomic mass is 10.0. The third kappa shape index (κ3) is 7.19. The van der Waals surface area contributed by atoms with Crippen LogP contribution >= 0.6 is 0 Å². The van der Waals surface area contributed by atoms with E-state index < -0.39 is 42.1 Å². The molecule has 0 radical (unpaired) electrons. The van der Waals surface area contributed by atoms with Gasteiger partial charge in [-0.2, -0.15) is 0 Å². The molecule has 2 aromatic carbocycles. The van der Waals surface area contributed by atoms with E-state index in [2.05, 4.69) is 5.32 Å². The Balaban J connectivity index is 1.84. The lowest BCUT2D eigenvalue weighted by Crippen LogP contribution is -2.46. The standard InChI is InChI=1S/C21H22N2O6/c22-16(19(25)21(28)29-13-15-9-5-2-6-10-15)12-18(24)23-17(20(26)27)11-14-7-3-1-4-8-14/h1-10,16-17H,11-13,22H2,(H,23,24)(H,26,27)/t16-,17-/m0/s1. The average Bonchev–Trinajstić information content (AvgIpc) is 2.72. The van der Waals surface area contributed by atoms with E-state index in [0.717, 1.165) is 5.56 Å². The Hall–Kier alpha value is -3.52. The van der Waals surface area contributed by atoms with Crippen LogP contribution < -0.4 is 11.1 Å². The van der Waals surface area contributed by atoms with Crippen molar-refractivity contribution >= 4 is 23.6 Å². The number of ether oxygens (including phenoxy) is 1. The second kappa shape index (κ2) is 10.7. The minimum atomic E-state index is -1.43. The number of hydrogen-bond donors (Lipinski definition) is 3. The molecule has 0 aliphatic rings. The van der Waals surface area contributed by atoms with Crippen molar-refractivity contribution in [2.45, 2.75) is 31.5 Å². The van der Waals surface area contributed by atoms with Crippen LogP contribution in [0.4, 0.5) is 0 Å². The van der Waals surface area contributed by atoms with Gasteiger partial charge in [0.05, 0.1) is 6.04 Å². The summed E-state index contributed by atoms with van der Waals surface area (Å²) in [6.07, 6.45) is -0.456. The van der Waals surface area contributed by atoms with Crippen LogP contribution in [0.2, 0.25) is 0 Å². The molecule has 0 aromatic heterocycles. The van der Waals surface area contributed by atoms with Crippen LogP contribution in [0.15, 0.2) is 60.7 Å². The smallest absolute Gasteiger partial charge is 0.376 e. The van der Waals surface area contributed by atoms with Gasteiger partial charge in [-0.3, -0.25) is 9.59 Å². The monoisotopic (exact) mass is 398 g/mol. The lowest BCUT2D eigenvalue weighted by Gasteiger charge is -2.16. The summed E-state index contributed by atoms with van der Waals surface area (Å²) in [7, 11) is 0. The van der Waals surface area contributed by atoms with E-state index in [1.807, 2.05) is 0 Å². The highest BCUT2D eigenvalue weighted by Gasteiger charge is 2.28. The summed E-state index contributed by atoms with van der Waals surface area (Å²) in [5.41, 5.74) is 7.06. The van der Waals surface area contributed by atoms with Gasteiger partial charge in [0.1, 0.15) is 12.6 Å². The molecule has 8 nitrogen and oxygen atoms in total. The Morgan fingerprint density at radius 2 is 1.48 bits per heavy atom. The van der Waals surface area contributed by atoms with E-state index in [9.17, 15) is 24.3 Å².